The molecule has 1 aromatic heterocycles. The van der Waals surface area contributed by atoms with Gasteiger partial charge in [-0.3, -0.25) is 9.48 Å². The van der Waals surface area contributed by atoms with Gasteiger partial charge in [-0.05, 0) is 23.8 Å². The summed E-state index contributed by atoms with van der Waals surface area (Å²) in [5.74, 6) is -0.353. The fraction of sp³-hybridized carbons (Fsp3) is 0.0833. The maximum Gasteiger partial charge on any atom is 0.291 e. The van der Waals surface area contributed by atoms with Crippen LogP contribution in [0.4, 0.5) is 0 Å². The number of hydrazone groups is 1. The van der Waals surface area contributed by atoms with Gasteiger partial charge in [-0.25, -0.2) is 5.43 Å². The van der Waals surface area contributed by atoms with E-state index in [2.05, 4.69) is 15.6 Å². The van der Waals surface area contributed by atoms with Crippen molar-refractivity contribution in [3.63, 3.8) is 0 Å². The fourth-order valence-electron chi connectivity index (χ4n) is 1.35. The van der Waals surface area contributed by atoms with Crippen molar-refractivity contribution in [3.8, 4) is 0 Å². The van der Waals surface area contributed by atoms with Gasteiger partial charge in [0.05, 0.1) is 6.21 Å². The van der Waals surface area contributed by atoms with Crippen molar-refractivity contribution in [2.24, 2.45) is 12.1 Å². The summed E-state index contributed by atoms with van der Waals surface area (Å²) in [5, 5.41) is 8.42. The summed E-state index contributed by atoms with van der Waals surface area (Å²) < 4.78 is 1.55. The third-order valence-electron chi connectivity index (χ3n) is 2.17. The van der Waals surface area contributed by atoms with Crippen LogP contribution >= 0.6 is 11.6 Å². The summed E-state index contributed by atoms with van der Waals surface area (Å²) in [5.41, 5.74) is 3.52. The number of hydrogen-bond acceptors (Lipinski definition) is 3. The molecule has 92 valence electrons. The number of aryl methyl sites for hydroxylation is 1. The minimum atomic E-state index is -0.353. The molecule has 1 N–H and O–H groups in total. The highest BCUT2D eigenvalue weighted by atomic mass is 35.5. The SMILES string of the molecule is Cn1ccc(C(=O)N/N=C/c2cccc(Cl)c2)n1. The van der Waals surface area contributed by atoms with Gasteiger partial charge in [0.2, 0.25) is 0 Å². The smallest absolute Gasteiger partial charge is 0.275 e. The monoisotopic (exact) mass is 262 g/mol. The molecule has 0 radical (unpaired) electrons. The zero-order valence-corrected chi connectivity index (χ0v) is 10.4. The van der Waals surface area contributed by atoms with Crippen molar-refractivity contribution in [3.05, 3.63) is 52.8 Å². The summed E-state index contributed by atoms with van der Waals surface area (Å²) >= 11 is 5.82. The van der Waals surface area contributed by atoms with Gasteiger partial charge in [-0.15, -0.1) is 0 Å². The quantitative estimate of drug-likeness (QED) is 0.678. The number of carbonyl (C=O) groups excluding carboxylic acids is 1. The first-order chi connectivity index (χ1) is 8.65. The van der Waals surface area contributed by atoms with Gasteiger partial charge in [0.25, 0.3) is 5.91 Å². The van der Waals surface area contributed by atoms with Crippen molar-refractivity contribution < 1.29 is 4.79 Å². The van der Waals surface area contributed by atoms with Crippen LogP contribution in [0.1, 0.15) is 16.1 Å². The summed E-state index contributed by atoms with van der Waals surface area (Å²) in [6, 6.07) is 8.78. The summed E-state index contributed by atoms with van der Waals surface area (Å²) in [4.78, 5) is 11.6. The first-order valence-corrected chi connectivity index (χ1v) is 5.61. The molecule has 1 aromatic carbocycles. The zero-order valence-electron chi connectivity index (χ0n) is 9.67. The lowest BCUT2D eigenvalue weighted by molar-refractivity contribution is 0.0949. The predicted molar refractivity (Wildman–Crippen MR) is 69.7 cm³/mol. The van der Waals surface area contributed by atoms with E-state index >= 15 is 0 Å². The molecule has 0 aliphatic heterocycles. The summed E-state index contributed by atoms with van der Waals surface area (Å²) in [6.07, 6.45) is 3.21. The third-order valence-corrected chi connectivity index (χ3v) is 2.41. The number of hydrogen-bond donors (Lipinski definition) is 1. The molecular weight excluding hydrogens is 252 g/mol. The van der Waals surface area contributed by atoms with Crippen LogP contribution in [0.2, 0.25) is 5.02 Å². The van der Waals surface area contributed by atoms with Crippen LogP contribution in [0.3, 0.4) is 0 Å². The van der Waals surface area contributed by atoms with Gasteiger partial charge in [-0.1, -0.05) is 23.7 Å². The Kier molecular flexibility index (Phi) is 3.74. The molecule has 0 spiro atoms. The van der Waals surface area contributed by atoms with E-state index in [-0.39, 0.29) is 5.91 Å². The number of benzene rings is 1. The maximum absolute atomic E-state index is 11.6. The van der Waals surface area contributed by atoms with Crippen molar-refractivity contribution in [2.45, 2.75) is 0 Å². The topological polar surface area (TPSA) is 59.3 Å². The lowest BCUT2D eigenvalue weighted by Gasteiger charge is -1.96. The van der Waals surface area contributed by atoms with Crippen LogP contribution in [0.15, 0.2) is 41.6 Å². The van der Waals surface area contributed by atoms with E-state index in [1.165, 1.54) is 6.21 Å². The highest BCUT2D eigenvalue weighted by Crippen LogP contribution is 2.08. The van der Waals surface area contributed by atoms with Crippen molar-refractivity contribution in [1.82, 2.24) is 15.2 Å². The molecule has 0 atom stereocenters. The van der Waals surface area contributed by atoms with E-state index in [0.29, 0.717) is 10.7 Å². The standard InChI is InChI=1S/C12H11ClN4O/c1-17-6-5-11(16-17)12(18)15-14-8-9-3-2-4-10(13)7-9/h2-8H,1H3,(H,15,18)/b14-8+. The second kappa shape index (κ2) is 5.46. The van der Waals surface area contributed by atoms with E-state index in [0.717, 1.165) is 5.56 Å². The van der Waals surface area contributed by atoms with Crippen molar-refractivity contribution >= 4 is 23.7 Å². The lowest BCUT2D eigenvalue weighted by Crippen LogP contribution is -2.18. The second-order valence-corrected chi connectivity index (χ2v) is 4.07. The first-order valence-electron chi connectivity index (χ1n) is 5.24. The van der Waals surface area contributed by atoms with Crippen molar-refractivity contribution in [1.29, 1.82) is 0 Å². The third kappa shape index (κ3) is 3.18. The lowest BCUT2D eigenvalue weighted by atomic mass is 10.2. The molecule has 0 fully saturated rings. The van der Waals surface area contributed by atoms with E-state index < -0.39 is 0 Å². The average Bonchev–Trinajstić information content (AvgIpc) is 2.76. The van der Waals surface area contributed by atoms with Crippen molar-refractivity contribution in [2.75, 3.05) is 0 Å². The number of halogens is 1. The van der Waals surface area contributed by atoms with Gasteiger partial charge >= 0.3 is 0 Å². The molecular formula is C12H11ClN4O. The zero-order chi connectivity index (χ0) is 13.0. The molecule has 6 heteroatoms. The Balaban J connectivity index is 1.97. The Morgan fingerprint density at radius 2 is 2.33 bits per heavy atom. The molecule has 18 heavy (non-hydrogen) atoms. The normalized spacial score (nSPS) is 10.8. The van der Waals surface area contributed by atoms with Crippen LogP contribution in [0, 0.1) is 0 Å². The maximum atomic E-state index is 11.6. The highest BCUT2D eigenvalue weighted by Gasteiger charge is 2.06. The largest absolute Gasteiger partial charge is 0.291 e. The Morgan fingerprint density at radius 1 is 1.50 bits per heavy atom. The van der Waals surface area contributed by atoms with E-state index in [4.69, 9.17) is 11.6 Å². The van der Waals surface area contributed by atoms with Crippen LogP contribution in [0.25, 0.3) is 0 Å². The number of nitrogens with one attached hydrogen (secondary N) is 1. The summed E-state index contributed by atoms with van der Waals surface area (Å²) in [6.45, 7) is 0. The molecule has 0 unspecified atom stereocenters. The minimum absolute atomic E-state index is 0.320. The van der Waals surface area contributed by atoms with Crippen LogP contribution in [-0.2, 0) is 7.05 Å². The number of rotatable bonds is 3. The molecule has 5 nitrogen and oxygen atoms in total. The van der Waals surface area contributed by atoms with Crippen LogP contribution in [0.5, 0.6) is 0 Å². The molecule has 0 saturated carbocycles. The predicted octanol–water partition coefficient (Wildman–Crippen LogP) is 1.84. The van der Waals surface area contributed by atoms with E-state index in [1.807, 2.05) is 12.1 Å². The molecule has 0 saturated heterocycles. The number of amides is 1. The molecule has 1 heterocycles. The molecule has 1 amide bonds. The molecule has 2 rings (SSSR count). The van der Waals surface area contributed by atoms with Gasteiger partial charge in [0, 0.05) is 18.3 Å². The van der Waals surface area contributed by atoms with Gasteiger partial charge < -0.3 is 0 Å². The fourth-order valence-corrected chi connectivity index (χ4v) is 1.54. The molecule has 0 aliphatic carbocycles. The Labute approximate surface area is 109 Å². The van der Waals surface area contributed by atoms with Gasteiger partial charge in [-0.2, -0.15) is 10.2 Å². The number of aromatic nitrogens is 2. The molecule has 0 aliphatic rings. The molecule has 2 aromatic rings. The van der Waals surface area contributed by atoms with E-state index in [1.54, 1.807) is 36.1 Å². The Hall–Kier alpha value is -2.14. The average molecular weight is 263 g/mol. The van der Waals surface area contributed by atoms with Crippen LogP contribution in [-0.4, -0.2) is 21.9 Å². The Bertz CT molecular complexity index is 591. The Morgan fingerprint density at radius 3 is 3.00 bits per heavy atom. The van der Waals surface area contributed by atoms with E-state index in [9.17, 15) is 4.79 Å². The minimum Gasteiger partial charge on any atom is -0.275 e. The van der Waals surface area contributed by atoms with Gasteiger partial charge in [0.15, 0.2) is 5.69 Å². The molecule has 0 bridgehead atoms. The number of carbonyl (C=O) groups is 1. The number of nitrogens with zero attached hydrogens (tertiary/aromatic N) is 3. The summed E-state index contributed by atoms with van der Waals surface area (Å²) in [7, 11) is 1.74. The first kappa shape index (κ1) is 12.3. The van der Waals surface area contributed by atoms with Gasteiger partial charge in [0.1, 0.15) is 0 Å². The van der Waals surface area contributed by atoms with Crippen LogP contribution < -0.4 is 5.43 Å². The second-order valence-electron chi connectivity index (χ2n) is 3.63. The highest BCUT2D eigenvalue weighted by molar-refractivity contribution is 6.30.